The maximum Gasteiger partial charge on any atom is 0.309 e. The molecule has 1 aliphatic heterocycles. The summed E-state index contributed by atoms with van der Waals surface area (Å²) in [6.45, 7) is 2.31. The van der Waals surface area contributed by atoms with Gasteiger partial charge in [0.25, 0.3) is 0 Å². The van der Waals surface area contributed by atoms with Gasteiger partial charge in [-0.15, -0.1) is 0 Å². The second kappa shape index (κ2) is 7.19. The van der Waals surface area contributed by atoms with Crippen molar-refractivity contribution in [3.05, 3.63) is 53.8 Å². The molecule has 0 amide bonds. The lowest BCUT2D eigenvalue weighted by atomic mass is 9.99. The van der Waals surface area contributed by atoms with Crippen molar-refractivity contribution in [1.29, 1.82) is 0 Å². The van der Waals surface area contributed by atoms with E-state index in [2.05, 4.69) is 0 Å². The fourth-order valence-corrected chi connectivity index (χ4v) is 3.71. The molecular weight excluding hydrogens is 373 g/mol. The molecule has 5 nitrogen and oxygen atoms in total. The molecule has 0 unspecified atom stereocenters. The molecule has 150 valence electrons. The Kier molecular flexibility index (Phi) is 4.51. The fourth-order valence-electron chi connectivity index (χ4n) is 3.71. The molecule has 2 fully saturated rings. The van der Waals surface area contributed by atoms with Crippen LogP contribution in [-0.2, 0) is 11.3 Å². The van der Waals surface area contributed by atoms with Crippen LogP contribution in [0, 0.1) is 17.7 Å². The molecule has 1 aliphatic carbocycles. The molecule has 29 heavy (non-hydrogen) atoms. The van der Waals surface area contributed by atoms with E-state index in [0.29, 0.717) is 42.5 Å². The van der Waals surface area contributed by atoms with Gasteiger partial charge in [-0.25, -0.2) is 4.39 Å². The molecule has 0 radical (unpaired) electrons. The molecule has 1 saturated carbocycles. The van der Waals surface area contributed by atoms with Gasteiger partial charge in [0.05, 0.1) is 18.1 Å². The Balaban J connectivity index is 1.30. The first-order chi connectivity index (χ1) is 14.0. The summed E-state index contributed by atoms with van der Waals surface area (Å²) in [5.74, 6) is 0.549. The highest BCUT2D eigenvalue weighted by Crippen LogP contribution is 2.34. The molecule has 1 aromatic heterocycles. The van der Waals surface area contributed by atoms with Gasteiger partial charge in [-0.1, -0.05) is 6.07 Å². The number of benzene rings is 2. The van der Waals surface area contributed by atoms with E-state index in [0.717, 1.165) is 23.3 Å². The number of ether oxygens (including phenoxy) is 1. The first-order valence-corrected chi connectivity index (χ1v) is 9.95. The van der Waals surface area contributed by atoms with E-state index >= 15 is 0 Å². The smallest absolute Gasteiger partial charge is 0.309 e. The van der Waals surface area contributed by atoms with Crippen LogP contribution in [0.25, 0.3) is 22.3 Å². The molecule has 2 aromatic carbocycles. The number of halogens is 1. The lowest BCUT2D eigenvalue weighted by Gasteiger charge is -2.36. The van der Waals surface area contributed by atoms with Crippen molar-refractivity contribution in [1.82, 2.24) is 4.90 Å². The molecule has 1 saturated heterocycles. The van der Waals surface area contributed by atoms with Crippen molar-refractivity contribution in [3.8, 4) is 17.1 Å². The van der Waals surface area contributed by atoms with Crippen molar-refractivity contribution in [2.45, 2.75) is 19.4 Å². The zero-order valence-corrected chi connectivity index (χ0v) is 15.9. The molecule has 2 heterocycles. The Bertz CT molecular complexity index is 1070. The van der Waals surface area contributed by atoms with E-state index < -0.39 is 5.97 Å². The van der Waals surface area contributed by atoms with Gasteiger partial charge in [-0.3, -0.25) is 9.69 Å². The van der Waals surface area contributed by atoms with Gasteiger partial charge < -0.3 is 14.3 Å². The number of hydrogen-bond acceptors (Lipinski definition) is 4. The van der Waals surface area contributed by atoms with Crippen molar-refractivity contribution < 1.29 is 23.4 Å². The van der Waals surface area contributed by atoms with Crippen molar-refractivity contribution >= 4 is 16.9 Å². The van der Waals surface area contributed by atoms with Crippen LogP contribution in [0.5, 0.6) is 5.75 Å². The van der Waals surface area contributed by atoms with E-state index in [1.165, 1.54) is 18.9 Å². The molecule has 1 N–H and O–H groups in total. The Morgan fingerprint density at radius 3 is 2.72 bits per heavy atom. The predicted octanol–water partition coefficient (Wildman–Crippen LogP) is 4.54. The molecule has 6 heteroatoms. The third-order valence-corrected chi connectivity index (χ3v) is 5.68. The number of rotatable bonds is 7. The number of carboxylic acid groups (broad SMARTS) is 1. The molecule has 2 aliphatic rings. The van der Waals surface area contributed by atoms with Crippen molar-refractivity contribution in [2.75, 3.05) is 19.7 Å². The standard InChI is InChI=1S/C23H22FNO4/c24-20-7-15(10-25-11-17(12-25)23(26)27)3-5-19(20)22-9-16-8-18(4-6-21(16)29-22)28-13-14-1-2-14/h3-9,14,17H,1-2,10-13H2,(H,26,27). The summed E-state index contributed by atoms with van der Waals surface area (Å²) >= 11 is 0. The summed E-state index contributed by atoms with van der Waals surface area (Å²) in [5.41, 5.74) is 1.93. The Morgan fingerprint density at radius 1 is 1.17 bits per heavy atom. The van der Waals surface area contributed by atoms with Crippen LogP contribution in [0.3, 0.4) is 0 Å². The lowest BCUT2D eigenvalue weighted by molar-refractivity contribution is -0.147. The Labute approximate surface area is 167 Å². The van der Waals surface area contributed by atoms with Gasteiger partial charge in [0.1, 0.15) is 22.9 Å². The van der Waals surface area contributed by atoms with Gasteiger partial charge in [0.2, 0.25) is 0 Å². The zero-order chi connectivity index (χ0) is 20.0. The van der Waals surface area contributed by atoms with E-state index in [1.807, 2.05) is 35.2 Å². The summed E-state index contributed by atoms with van der Waals surface area (Å²) in [6.07, 6.45) is 2.48. The minimum atomic E-state index is -0.770. The van der Waals surface area contributed by atoms with Crippen molar-refractivity contribution in [3.63, 3.8) is 0 Å². The number of carbonyl (C=O) groups is 1. The number of fused-ring (bicyclic) bond motifs is 1. The zero-order valence-electron chi connectivity index (χ0n) is 15.9. The molecular formula is C23H22FNO4. The minimum absolute atomic E-state index is 0.312. The van der Waals surface area contributed by atoms with Gasteiger partial charge >= 0.3 is 5.97 Å². The summed E-state index contributed by atoms with van der Waals surface area (Å²) in [5, 5.41) is 9.84. The number of hydrogen-bond donors (Lipinski definition) is 1. The molecule has 0 atom stereocenters. The molecule has 0 bridgehead atoms. The second-order valence-corrected chi connectivity index (χ2v) is 8.11. The maximum atomic E-state index is 14.7. The SMILES string of the molecule is O=C(O)C1CN(Cc2ccc(-c3cc4cc(OCC5CC5)ccc4o3)c(F)c2)C1. The topological polar surface area (TPSA) is 62.9 Å². The normalized spacial score (nSPS) is 17.4. The van der Waals surface area contributed by atoms with Crippen molar-refractivity contribution in [2.24, 2.45) is 11.8 Å². The lowest BCUT2D eigenvalue weighted by Crippen LogP contribution is -2.49. The summed E-state index contributed by atoms with van der Waals surface area (Å²) < 4.78 is 26.4. The van der Waals surface area contributed by atoms with Crippen LogP contribution >= 0.6 is 0 Å². The van der Waals surface area contributed by atoms with E-state index in [4.69, 9.17) is 14.3 Å². The van der Waals surface area contributed by atoms with Crippen LogP contribution < -0.4 is 4.74 Å². The van der Waals surface area contributed by atoms with Crippen LogP contribution in [0.1, 0.15) is 18.4 Å². The summed E-state index contributed by atoms with van der Waals surface area (Å²) in [4.78, 5) is 12.9. The number of carboxylic acids is 1. The van der Waals surface area contributed by atoms with Crippen LogP contribution in [0.4, 0.5) is 4.39 Å². The van der Waals surface area contributed by atoms with E-state index in [1.54, 1.807) is 6.07 Å². The number of aliphatic carboxylic acids is 1. The predicted molar refractivity (Wildman–Crippen MR) is 106 cm³/mol. The van der Waals surface area contributed by atoms with Crippen LogP contribution in [0.2, 0.25) is 0 Å². The van der Waals surface area contributed by atoms with Crippen LogP contribution in [0.15, 0.2) is 46.9 Å². The second-order valence-electron chi connectivity index (χ2n) is 8.11. The molecule has 5 rings (SSSR count). The minimum Gasteiger partial charge on any atom is -0.493 e. The average Bonchev–Trinajstić information content (AvgIpc) is 3.39. The monoisotopic (exact) mass is 395 g/mol. The third-order valence-electron chi connectivity index (χ3n) is 5.68. The van der Waals surface area contributed by atoms with E-state index in [-0.39, 0.29) is 11.7 Å². The first-order valence-electron chi connectivity index (χ1n) is 9.95. The largest absolute Gasteiger partial charge is 0.493 e. The van der Waals surface area contributed by atoms with Gasteiger partial charge in [-0.05, 0) is 60.7 Å². The molecule has 3 aromatic rings. The Hall–Kier alpha value is -2.86. The van der Waals surface area contributed by atoms with Gasteiger partial charge in [0.15, 0.2) is 0 Å². The number of nitrogens with zero attached hydrogens (tertiary/aromatic N) is 1. The summed E-state index contributed by atoms with van der Waals surface area (Å²) in [7, 11) is 0. The average molecular weight is 395 g/mol. The highest BCUT2D eigenvalue weighted by molar-refractivity contribution is 5.84. The number of likely N-dealkylation sites (tertiary alicyclic amines) is 1. The maximum absolute atomic E-state index is 14.7. The summed E-state index contributed by atoms with van der Waals surface area (Å²) in [6, 6.07) is 12.6. The van der Waals surface area contributed by atoms with Gasteiger partial charge in [0, 0.05) is 25.0 Å². The van der Waals surface area contributed by atoms with Crippen LogP contribution in [-0.4, -0.2) is 35.7 Å². The highest BCUT2D eigenvalue weighted by atomic mass is 19.1. The quantitative estimate of drug-likeness (QED) is 0.636. The van der Waals surface area contributed by atoms with Gasteiger partial charge in [-0.2, -0.15) is 0 Å². The fraction of sp³-hybridized carbons (Fsp3) is 0.348. The number of furan rings is 1. The van der Waals surface area contributed by atoms with E-state index in [9.17, 15) is 9.18 Å². The first kappa shape index (κ1) is 18.2. The Morgan fingerprint density at radius 2 is 2.00 bits per heavy atom. The third kappa shape index (κ3) is 3.85. The molecule has 0 spiro atoms. The highest BCUT2D eigenvalue weighted by Gasteiger charge is 2.32.